The summed E-state index contributed by atoms with van der Waals surface area (Å²) in [6.45, 7) is 4.72. The van der Waals surface area contributed by atoms with Gasteiger partial charge in [-0.05, 0) is 35.6 Å². The fraction of sp³-hybridized carbons (Fsp3) is 0.320. The predicted octanol–water partition coefficient (Wildman–Crippen LogP) is 4.69. The Morgan fingerprint density at radius 2 is 1.72 bits per heavy atom. The largest absolute Gasteiger partial charge is 0.479 e. The Kier molecular flexibility index (Phi) is 6.25. The van der Waals surface area contributed by atoms with Crippen LogP contribution in [-0.4, -0.2) is 44.8 Å². The van der Waals surface area contributed by atoms with Crippen molar-refractivity contribution in [3.05, 3.63) is 77.9 Å². The minimum Gasteiger partial charge on any atom is -0.479 e. The van der Waals surface area contributed by atoms with Crippen LogP contribution in [-0.2, 0) is 16.1 Å². The lowest BCUT2D eigenvalue weighted by Crippen LogP contribution is -2.40. The SMILES string of the molecule is CCCn1cncc1C(C(=O)O)N(CC)C(=O)OCC1c2ccccc2-c2ccccc21. The third-order valence-electron chi connectivity index (χ3n) is 5.95. The number of ether oxygens (including phenoxy) is 1. The van der Waals surface area contributed by atoms with Gasteiger partial charge in [-0.1, -0.05) is 55.5 Å². The van der Waals surface area contributed by atoms with Gasteiger partial charge in [0, 0.05) is 19.0 Å². The van der Waals surface area contributed by atoms with Crippen molar-refractivity contribution < 1.29 is 19.4 Å². The molecule has 1 unspecified atom stereocenters. The van der Waals surface area contributed by atoms with Gasteiger partial charge in [0.2, 0.25) is 0 Å². The van der Waals surface area contributed by atoms with Crippen LogP contribution in [0.3, 0.4) is 0 Å². The minimum absolute atomic E-state index is 0.0843. The van der Waals surface area contributed by atoms with E-state index >= 15 is 0 Å². The summed E-state index contributed by atoms with van der Waals surface area (Å²) in [5.41, 5.74) is 4.97. The second-order valence-electron chi connectivity index (χ2n) is 7.84. The monoisotopic (exact) mass is 433 g/mol. The van der Waals surface area contributed by atoms with E-state index in [1.165, 1.54) is 11.1 Å². The number of carboxylic acid groups (broad SMARTS) is 1. The Hall–Kier alpha value is -3.61. The van der Waals surface area contributed by atoms with Crippen LogP contribution in [0.15, 0.2) is 61.1 Å². The van der Waals surface area contributed by atoms with Crippen LogP contribution in [0.4, 0.5) is 4.79 Å². The van der Waals surface area contributed by atoms with Gasteiger partial charge in [0.15, 0.2) is 6.04 Å². The first-order chi connectivity index (χ1) is 15.6. The lowest BCUT2D eigenvalue weighted by Gasteiger charge is -2.28. The molecule has 3 aromatic rings. The van der Waals surface area contributed by atoms with Crippen LogP contribution in [0.5, 0.6) is 0 Å². The highest BCUT2D eigenvalue weighted by molar-refractivity contribution is 5.82. The molecule has 1 atom stereocenters. The molecule has 1 aromatic heterocycles. The van der Waals surface area contributed by atoms with Crippen LogP contribution in [0.1, 0.15) is 49.0 Å². The number of hydrogen-bond donors (Lipinski definition) is 1. The van der Waals surface area contributed by atoms with Crippen molar-refractivity contribution in [2.24, 2.45) is 0 Å². The lowest BCUT2D eigenvalue weighted by molar-refractivity contribution is -0.143. The Morgan fingerprint density at radius 3 is 2.28 bits per heavy atom. The van der Waals surface area contributed by atoms with E-state index in [2.05, 4.69) is 29.2 Å². The molecule has 1 aliphatic carbocycles. The van der Waals surface area contributed by atoms with Crippen LogP contribution in [0.25, 0.3) is 11.1 Å². The number of aryl methyl sites for hydroxylation is 1. The average Bonchev–Trinajstić information content (AvgIpc) is 3.38. The number of fused-ring (bicyclic) bond motifs is 3. The van der Waals surface area contributed by atoms with Gasteiger partial charge in [-0.2, -0.15) is 0 Å². The summed E-state index contributed by atoms with van der Waals surface area (Å²) in [4.78, 5) is 30.6. The summed E-state index contributed by atoms with van der Waals surface area (Å²) in [6.07, 6.45) is 3.28. The molecule has 0 bridgehead atoms. The molecule has 166 valence electrons. The first kappa shape index (κ1) is 21.6. The van der Waals surface area contributed by atoms with Gasteiger partial charge >= 0.3 is 12.1 Å². The highest BCUT2D eigenvalue weighted by atomic mass is 16.6. The molecular weight excluding hydrogens is 406 g/mol. The van der Waals surface area contributed by atoms with Crippen molar-refractivity contribution in [2.75, 3.05) is 13.2 Å². The molecule has 1 amide bonds. The molecule has 1 N–H and O–H groups in total. The van der Waals surface area contributed by atoms with Crippen molar-refractivity contribution in [3.8, 4) is 11.1 Å². The van der Waals surface area contributed by atoms with E-state index in [1.54, 1.807) is 17.8 Å². The predicted molar refractivity (Wildman–Crippen MR) is 120 cm³/mol. The van der Waals surface area contributed by atoms with Crippen molar-refractivity contribution >= 4 is 12.1 Å². The van der Waals surface area contributed by atoms with Gasteiger partial charge < -0.3 is 14.4 Å². The molecule has 0 fully saturated rings. The molecule has 32 heavy (non-hydrogen) atoms. The number of carbonyl (C=O) groups excluding carboxylic acids is 1. The number of carbonyl (C=O) groups is 2. The number of amides is 1. The summed E-state index contributed by atoms with van der Waals surface area (Å²) >= 11 is 0. The fourth-order valence-corrected chi connectivity index (χ4v) is 4.50. The van der Waals surface area contributed by atoms with Gasteiger partial charge in [0.1, 0.15) is 6.61 Å². The Balaban J connectivity index is 1.56. The van der Waals surface area contributed by atoms with E-state index in [9.17, 15) is 14.7 Å². The highest BCUT2D eigenvalue weighted by Gasteiger charge is 2.35. The number of likely N-dealkylation sites (N-methyl/N-ethyl adjacent to an activating group) is 1. The first-order valence-electron chi connectivity index (χ1n) is 10.9. The van der Waals surface area contributed by atoms with Gasteiger partial charge in [0.05, 0.1) is 18.2 Å². The molecule has 0 saturated carbocycles. The Labute approximate surface area is 187 Å². The number of rotatable bonds is 8. The van der Waals surface area contributed by atoms with E-state index in [1.807, 2.05) is 31.2 Å². The van der Waals surface area contributed by atoms with Crippen molar-refractivity contribution in [1.82, 2.24) is 14.5 Å². The number of hydrogen-bond acceptors (Lipinski definition) is 4. The summed E-state index contributed by atoms with van der Waals surface area (Å²) in [7, 11) is 0. The number of nitrogens with zero attached hydrogens (tertiary/aromatic N) is 3. The van der Waals surface area contributed by atoms with E-state index in [-0.39, 0.29) is 19.1 Å². The third kappa shape index (κ3) is 3.86. The number of aliphatic carboxylic acids is 1. The van der Waals surface area contributed by atoms with E-state index in [4.69, 9.17) is 4.74 Å². The van der Waals surface area contributed by atoms with Gasteiger partial charge in [-0.15, -0.1) is 0 Å². The normalized spacial score (nSPS) is 13.3. The topological polar surface area (TPSA) is 84.7 Å². The van der Waals surface area contributed by atoms with Crippen LogP contribution >= 0.6 is 0 Å². The molecule has 1 aliphatic rings. The number of benzene rings is 2. The Bertz CT molecular complexity index is 1080. The van der Waals surface area contributed by atoms with Crippen molar-refractivity contribution in [3.63, 3.8) is 0 Å². The zero-order chi connectivity index (χ0) is 22.7. The minimum atomic E-state index is -1.16. The van der Waals surface area contributed by atoms with Crippen LogP contribution in [0, 0.1) is 0 Å². The lowest BCUT2D eigenvalue weighted by atomic mass is 9.98. The van der Waals surface area contributed by atoms with Crippen molar-refractivity contribution in [2.45, 2.75) is 38.8 Å². The second kappa shape index (κ2) is 9.26. The van der Waals surface area contributed by atoms with Crippen LogP contribution < -0.4 is 0 Å². The summed E-state index contributed by atoms with van der Waals surface area (Å²) < 4.78 is 7.49. The standard InChI is InChI=1S/C25H27N3O4/c1-3-13-27-16-26-14-22(27)23(24(29)30)28(4-2)25(31)32-15-21-19-11-7-5-9-17(19)18-10-6-8-12-20(18)21/h5-12,14,16,21,23H,3-4,13,15H2,1-2H3,(H,29,30). The molecule has 2 aromatic carbocycles. The maximum Gasteiger partial charge on any atom is 0.410 e. The molecule has 0 saturated heterocycles. The second-order valence-corrected chi connectivity index (χ2v) is 7.84. The molecule has 0 radical (unpaired) electrons. The fourth-order valence-electron chi connectivity index (χ4n) is 4.50. The Morgan fingerprint density at radius 1 is 1.09 bits per heavy atom. The smallest absolute Gasteiger partial charge is 0.410 e. The number of aromatic nitrogens is 2. The summed E-state index contributed by atoms with van der Waals surface area (Å²) in [5, 5.41) is 9.94. The number of imidazole rings is 1. The molecule has 7 heteroatoms. The zero-order valence-electron chi connectivity index (χ0n) is 18.3. The maximum atomic E-state index is 13.1. The zero-order valence-corrected chi connectivity index (χ0v) is 18.3. The molecule has 7 nitrogen and oxygen atoms in total. The quantitative estimate of drug-likeness (QED) is 0.557. The van der Waals surface area contributed by atoms with E-state index < -0.39 is 18.1 Å². The first-order valence-corrected chi connectivity index (χ1v) is 10.9. The summed E-state index contributed by atoms with van der Waals surface area (Å²) in [6, 6.07) is 15.0. The maximum absolute atomic E-state index is 13.1. The van der Waals surface area contributed by atoms with E-state index in [0.717, 1.165) is 28.7 Å². The molecule has 1 heterocycles. The third-order valence-corrected chi connectivity index (χ3v) is 5.95. The van der Waals surface area contributed by atoms with Crippen molar-refractivity contribution in [1.29, 1.82) is 0 Å². The van der Waals surface area contributed by atoms with E-state index in [0.29, 0.717) is 12.2 Å². The molecular formula is C25H27N3O4. The van der Waals surface area contributed by atoms with Crippen LogP contribution in [0.2, 0.25) is 0 Å². The molecule has 0 aliphatic heterocycles. The van der Waals surface area contributed by atoms with Gasteiger partial charge in [0.25, 0.3) is 0 Å². The average molecular weight is 434 g/mol. The van der Waals surface area contributed by atoms with Gasteiger partial charge in [-0.25, -0.2) is 14.6 Å². The molecule has 0 spiro atoms. The number of carboxylic acids is 1. The van der Waals surface area contributed by atoms with Gasteiger partial charge in [-0.3, -0.25) is 4.90 Å². The molecule has 4 rings (SSSR count). The summed E-state index contributed by atoms with van der Waals surface area (Å²) in [5.74, 6) is -1.20. The highest BCUT2D eigenvalue weighted by Crippen LogP contribution is 2.44.